The fourth-order valence-electron chi connectivity index (χ4n) is 9.55. The van der Waals surface area contributed by atoms with Crippen LogP contribution in [0.2, 0.25) is 0 Å². The summed E-state index contributed by atoms with van der Waals surface area (Å²) in [5.41, 5.74) is 10.3. The number of hydrogen-bond donors (Lipinski definition) is 0. The molecule has 2 aromatic heterocycles. The van der Waals surface area contributed by atoms with Gasteiger partial charge in [-0.3, -0.25) is 0 Å². The highest BCUT2D eigenvalue weighted by Gasteiger charge is 2.37. The molecule has 0 fully saturated rings. The van der Waals surface area contributed by atoms with Gasteiger partial charge in [0.25, 0.3) is 0 Å². The average Bonchev–Trinajstić information content (AvgIpc) is 3.78. The van der Waals surface area contributed by atoms with Crippen molar-refractivity contribution in [3.05, 3.63) is 187 Å². The molecule has 0 aliphatic heterocycles. The second-order valence-electron chi connectivity index (χ2n) is 15.9. The Hall–Kier alpha value is -7.01. The Morgan fingerprint density at radius 3 is 1.66 bits per heavy atom. The van der Waals surface area contributed by atoms with Gasteiger partial charge in [-0.1, -0.05) is 166 Å². The zero-order valence-electron chi connectivity index (χ0n) is 32.0. The summed E-state index contributed by atoms with van der Waals surface area (Å²) in [7, 11) is 0. The standard InChI is InChI=1S/C54H35N3S/c1-54(2)45-23-11-10-20-40(45)49-41(21-12-24-46(49)54)52-55-51(32-14-4-3-5-15-32)56-53(57-52)42-22-13-25-48-50(42)44-31-34(27-29-47(44)58-48)33-26-28-39-37-18-7-6-16-35(37)36-17-8-9-19-38(36)43(39)30-33/h3-31H,1-2H3. The van der Waals surface area contributed by atoms with Crippen LogP contribution in [0.1, 0.15) is 25.0 Å². The first kappa shape index (κ1) is 33.2. The summed E-state index contributed by atoms with van der Waals surface area (Å²) < 4.78 is 2.45. The van der Waals surface area contributed by atoms with Gasteiger partial charge in [0, 0.05) is 42.3 Å². The van der Waals surface area contributed by atoms with Crippen molar-refractivity contribution in [2.45, 2.75) is 19.3 Å². The Kier molecular flexibility index (Phi) is 7.14. The van der Waals surface area contributed by atoms with Gasteiger partial charge in [0.15, 0.2) is 17.5 Å². The first-order chi connectivity index (χ1) is 28.5. The molecule has 0 saturated heterocycles. The first-order valence-corrected chi connectivity index (χ1v) is 20.7. The molecule has 272 valence electrons. The summed E-state index contributed by atoms with van der Waals surface area (Å²) >= 11 is 1.82. The van der Waals surface area contributed by atoms with Crippen LogP contribution < -0.4 is 0 Å². The lowest BCUT2D eigenvalue weighted by Gasteiger charge is -2.21. The normalized spacial score (nSPS) is 13.1. The molecule has 4 heteroatoms. The second kappa shape index (κ2) is 12.5. The summed E-state index contributed by atoms with van der Waals surface area (Å²) in [5, 5.41) is 10.1. The molecule has 2 heterocycles. The number of aromatic nitrogens is 3. The number of nitrogens with zero attached hydrogens (tertiary/aromatic N) is 3. The van der Waals surface area contributed by atoms with Crippen LogP contribution >= 0.6 is 11.3 Å². The van der Waals surface area contributed by atoms with E-state index in [9.17, 15) is 0 Å². The smallest absolute Gasteiger partial charge is 0.164 e. The molecule has 0 saturated carbocycles. The molecule has 0 unspecified atom stereocenters. The summed E-state index contributed by atoms with van der Waals surface area (Å²) in [6.07, 6.45) is 0. The van der Waals surface area contributed by atoms with Gasteiger partial charge in [-0.2, -0.15) is 0 Å². The predicted molar refractivity (Wildman–Crippen MR) is 245 cm³/mol. The van der Waals surface area contributed by atoms with E-state index in [1.54, 1.807) is 0 Å². The number of rotatable bonds is 4. The number of thiophene rings is 1. The highest BCUT2D eigenvalue weighted by molar-refractivity contribution is 7.26. The van der Waals surface area contributed by atoms with Gasteiger partial charge in [0.2, 0.25) is 0 Å². The SMILES string of the molecule is CC1(C)c2ccccc2-c2c(-c3nc(-c4ccccc4)nc(-c4cccc5sc6ccc(-c7ccc8c9ccccc9c9ccccc9c8c7)cc6c45)n3)cccc21. The lowest BCUT2D eigenvalue weighted by Crippen LogP contribution is -2.14. The van der Waals surface area contributed by atoms with Crippen LogP contribution in [0.15, 0.2) is 176 Å². The Morgan fingerprint density at radius 2 is 0.897 bits per heavy atom. The lowest BCUT2D eigenvalue weighted by molar-refractivity contribution is 0.660. The number of hydrogen-bond acceptors (Lipinski definition) is 4. The summed E-state index contributed by atoms with van der Waals surface area (Å²) in [6, 6.07) is 63.6. The van der Waals surface area contributed by atoms with Crippen molar-refractivity contribution in [3.63, 3.8) is 0 Å². The van der Waals surface area contributed by atoms with Gasteiger partial charge >= 0.3 is 0 Å². The summed E-state index contributed by atoms with van der Waals surface area (Å²) in [5.74, 6) is 2.02. The molecule has 12 rings (SSSR count). The maximum Gasteiger partial charge on any atom is 0.164 e. The van der Waals surface area contributed by atoms with Crippen LogP contribution in [0.4, 0.5) is 0 Å². The fourth-order valence-corrected chi connectivity index (χ4v) is 10.7. The number of fused-ring (bicyclic) bond motifs is 12. The van der Waals surface area contributed by atoms with Crippen LogP contribution in [-0.4, -0.2) is 15.0 Å². The van der Waals surface area contributed by atoms with Crippen molar-refractivity contribution in [1.29, 1.82) is 0 Å². The maximum atomic E-state index is 5.39. The minimum absolute atomic E-state index is 0.134. The summed E-state index contributed by atoms with van der Waals surface area (Å²) in [4.78, 5) is 15.9. The quantitative estimate of drug-likeness (QED) is 0.168. The third kappa shape index (κ3) is 4.88. The second-order valence-corrected chi connectivity index (χ2v) is 17.0. The topological polar surface area (TPSA) is 38.7 Å². The monoisotopic (exact) mass is 757 g/mol. The molecule has 58 heavy (non-hydrogen) atoms. The lowest BCUT2D eigenvalue weighted by atomic mass is 9.82. The summed E-state index contributed by atoms with van der Waals surface area (Å²) in [6.45, 7) is 4.63. The maximum absolute atomic E-state index is 5.39. The van der Waals surface area contributed by atoms with Gasteiger partial charge in [-0.15, -0.1) is 11.3 Å². The molecule has 0 atom stereocenters. The molecule has 11 aromatic rings. The van der Waals surface area contributed by atoms with Crippen LogP contribution in [0, 0.1) is 0 Å². The van der Waals surface area contributed by atoms with E-state index in [1.165, 1.54) is 85.9 Å². The van der Waals surface area contributed by atoms with E-state index in [-0.39, 0.29) is 5.41 Å². The Balaban J connectivity index is 1.07. The Morgan fingerprint density at radius 1 is 0.362 bits per heavy atom. The fraction of sp³-hybridized carbons (Fsp3) is 0.0556. The van der Waals surface area contributed by atoms with Gasteiger partial charge in [-0.25, -0.2) is 15.0 Å². The average molecular weight is 758 g/mol. The van der Waals surface area contributed by atoms with Crippen molar-refractivity contribution < 1.29 is 0 Å². The van der Waals surface area contributed by atoms with Crippen molar-refractivity contribution in [3.8, 4) is 56.4 Å². The van der Waals surface area contributed by atoms with E-state index in [2.05, 4.69) is 172 Å². The molecular formula is C54H35N3S. The highest BCUT2D eigenvalue weighted by Crippen LogP contribution is 2.52. The third-order valence-corrected chi connectivity index (χ3v) is 13.5. The molecule has 0 amide bonds. The zero-order chi connectivity index (χ0) is 38.5. The van der Waals surface area contributed by atoms with Crippen LogP contribution in [-0.2, 0) is 5.41 Å². The highest BCUT2D eigenvalue weighted by atomic mass is 32.1. The molecule has 1 aliphatic carbocycles. The molecule has 0 N–H and O–H groups in total. The minimum atomic E-state index is -0.134. The predicted octanol–water partition coefficient (Wildman–Crippen LogP) is 14.7. The molecule has 0 radical (unpaired) electrons. The van der Waals surface area contributed by atoms with Crippen LogP contribution in [0.3, 0.4) is 0 Å². The molecule has 1 aliphatic rings. The third-order valence-electron chi connectivity index (χ3n) is 12.3. The van der Waals surface area contributed by atoms with Gasteiger partial charge in [-0.05, 0) is 90.0 Å². The van der Waals surface area contributed by atoms with E-state index in [1.807, 2.05) is 29.5 Å². The van der Waals surface area contributed by atoms with Crippen LogP contribution in [0.25, 0.3) is 109 Å². The molecule has 3 nitrogen and oxygen atoms in total. The zero-order valence-corrected chi connectivity index (χ0v) is 32.8. The van der Waals surface area contributed by atoms with Gasteiger partial charge < -0.3 is 0 Å². The van der Waals surface area contributed by atoms with E-state index < -0.39 is 0 Å². The first-order valence-electron chi connectivity index (χ1n) is 19.9. The Bertz CT molecular complexity index is 3450. The van der Waals surface area contributed by atoms with Gasteiger partial charge in [0.05, 0.1) is 0 Å². The Labute approximate surface area is 340 Å². The molecule has 0 spiro atoms. The van der Waals surface area contributed by atoms with Crippen molar-refractivity contribution in [2.24, 2.45) is 0 Å². The molecule has 9 aromatic carbocycles. The number of benzene rings is 9. The van der Waals surface area contributed by atoms with E-state index in [0.29, 0.717) is 17.5 Å². The van der Waals surface area contributed by atoms with E-state index >= 15 is 0 Å². The molecular weight excluding hydrogens is 723 g/mol. The largest absolute Gasteiger partial charge is 0.208 e. The van der Waals surface area contributed by atoms with E-state index in [4.69, 9.17) is 15.0 Å². The van der Waals surface area contributed by atoms with Crippen molar-refractivity contribution in [1.82, 2.24) is 15.0 Å². The van der Waals surface area contributed by atoms with Crippen LogP contribution in [0.5, 0.6) is 0 Å². The minimum Gasteiger partial charge on any atom is -0.208 e. The van der Waals surface area contributed by atoms with Crippen molar-refractivity contribution in [2.75, 3.05) is 0 Å². The van der Waals surface area contributed by atoms with Crippen molar-refractivity contribution >= 4 is 63.8 Å². The van der Waals surface area contributed by atoms with Gasteiger partial charge in [0.1, 0.15) is 0 Å². The molecule has 0 bridgehead atoms. The van der Waals surface area contributed by atoms with E-state index in [0.717, 1.165) is 16.7 Å².